The summed E-state index contributed by atoms with van der Waals surface area (Å²) in [5.74, 6) is -15.9. The van der Waals surface area contributed by atoms with Crippen LogP contribution in [0.4, 0.5) is 0 Å². The smallest absolute Gasteiger partial charge is 0.246 e. The molecule has 23 N–H and O–H groups in total. The number of aliphatic hydroxyl groups is 1. The Morgan fingerprint density at radius 3 is 1.89 bits per heavy atom. The van der Waals surface area contributed by atoms with Crippen molar-refractivity contribution in [1.82, 2.24) is 115 Å². The first-order valence-corrected chi connectivity index (χ1v) is 46.8. The van der Waals surface area contributed by atoms with E-state index in [1.54, 1.807) is 59.3 Å². The molecule has 14 atom stereocenters. The Kier molecular flexibility index (Phi) is 44.6. The number of amides is 16. The molecule has 0 saturated carbocycles. The minimum absolute atomic E-state index is 0.0118. The molecule has 3 aromatic rings. The Morgan fingerprint density at radius 2 is 1.27 bits per heavy atom. The van der Waals surface area contributed by atoms with Gasteiger partial charge >= 0.3 is 0 Å². The third-order valence-corrected chi connectivity index (χ3v) is 23.7. The van der Waals surface area contributed by atoms with Crippen molar-refractivity contribution in [3.63, 3.8) is 0 Å². The number of aliphatic imine (C=N–C) groups is 1. The van der Waals surface area contributed by atoms with Gasteiger partial charge in [0.1, 0.15) is 102 Å². The number of hydrogen-bond donors (Lipinski definition) is 20. The predicted molar refractivity (Wildman–Crippen MR) is 483 cm³/mol. The third-order valence-electron chi connectivity index (χ3n) is 20.6. The minimum atomic E-state index is -1.88. The van der Waals surface area contributed by atoms with Crippen LogP contribution in [-0.2, 0) is 118 Å². The highest BCUT2D eigenvalue weighted by Crippen LogP contribution is 2.26. The number of nitrogens with one attached hydrogen (secondary N) is 15. The molecule has 0 radical (unpaired) electrons. The van der Waals surface area contributed by atoms with E-state index < -0.39 is 191 Å². The van der Waals surface area contributed by atoms with Crippen LogP contribution in [0.5, 0.6) is 5.75 Å². The molecule has 16 amide bonds. The molecule has 5 heterocycles. The molecule has 0 spiro atoms. The van der Waals surface area contributed by atoms with E-state index in [2.05, 4.69) is 95.1 Å². The summed E-state index contributed by atoms with van der Waals surface area (Å²) in [4.78, 5) is 248. The SMILES string of the molecule is CNCCOCCn1cc(CCC(=O)NCCCC[C@H](NC(=O)[C@@H]2CSCc3nc4nc(n3)CSC[C@H](NC(C)=O)C(=O)N3CCC[C@H]3C(=O)N[C@@H](Cc3ccc(O)cc3)C(=O)N[C@@H](C(C)C)C(=O)N[C@@H](C)C(=O)NCC(=O)N[C@@H](CCN=C(N)N)C(=O)N[C@H](C)C(=O)N[C@@H]([C@@H](C)O)C(=O)N[C@@H](CSC4)C(=O)N[C@@H](CC(C)C)C(=O)N[C@@H](CC(C)(C)C)C(=O)N2)C(N)=O)nn1. The zero-order chi connectivity index (χ0) is 96.1. The van der Waals surface area contributed by atoms with Crippen LogP contribution in [0.15, 0.2) is 35.5 Å². The van der Waals surface area contributed by atoms with E-state index in [1.807, 2.05) is 7.05 Å². The van der Waals surface area contributed by atoms with Crippen LogP contribution in [0.25, 0.3) is 0 Å². The summed E-state index contributed by atoms with van der Waals surface area (Å²) < 4.78 is 7.19. The Morgan fingerprint density at radius 1 is 0.669 bits per heavy atom. The van der Waals surface area contributed by atoms with Gasteiger partial charge in [-0.15, -0.1) is 5.10 Å². The summed E-state index contributed by atoms with van der Waals surface area (Å²) in [5, 5.41) is 69.6. The first-order valence-electron chi connectivity index (χ1n) is 43.3. The van der Waals surface area contributed by atoms with Crippen LogP contribution in [-0.4, -0.2) is 300 Å². The number of likely N-dealkylation sites (N-methyl/N-ethyl adjacent to an activating group) is 1. The number of nitrogens with zero attached hydrogens (tertiary/aromatic N) is 8. The first kappa shape index (κ1) is 108. The van der Waals surface area contributed by atoms with Gasteiger partial charge in [0.25, 0.3) is 0 Å². The van der Waals surface area contributed by atoms with E-state index in [0.717, 1.165) is 42.2 Å². The molecule has 1 fully saturated rings. The number of primary amides is 1. The highest BCUT2D eigenvalue weighted by atomic mass is 32.2. The maximum atomic E-state index is 15.1. The van der Waals surface area contributed by atoms with Crippen LogP contribution in [0.2, 0.25) is 0 Å². The number of hydrogen-bond acceptors (Lipinski definition) is 29. The molecule has 1 saturated heterocycles. The molecule has 6 rings (SSSR count). The van der Waals surface area contributed by atoms with Crippen LogP contribution >= 0.6 is 35.3 Å². The lowest BCUT2D eigenvalue weighted by Gasteiger charge is -2.30. The highest BCUT2D eigenvalue weighted by Gasteiger charge is 2.42. The number of nitrogens with two attached hydrogens (primary N) is 3. The van der Waals surface area contributed by atoms with E-state index >= 15 is 9.59 Å². The zero-order valence-corrected chi connectivity index (χ0v) is 78.1. The lowest BCUT2D eigenvalue weighted by Crippen LogP contribution is -2.62. The number of ether oxygens (including phenoxy) is 1. The maximum Gasteiger partial charge on any atom is 0.246 e. The van der Waals surface area contributed by atoms with Crippen molar-refractivity contribution in [2.75, 3.05) is 70.2 Å². The Labute approximate surface area is 767 Å². The van der Waals surface area contributed by atoms with Gasteiger partial charge in [0.05, 0.1) is 55.4 Å². The summed E-state index contributed by atoms with van der Waals surface area (Å²) in [5.41, 5.74) is 17.5. The number of phenols is 1. The van der Waals surface area contributed by atoms with Crippen molar-refractivity contribution >= 4 is 136 Å². The number of fused-ring (bicyclic) bond motifs is 6. The molecule has 0 aliphatic carbocycles. The van der Waals surface area contributed by atoms with Gasteiger partial charge in [0.15, 0.2) is 5.96 Å². The molecule has 4 bridgehead atoms. The Hall–Kier alpha value is -11.1. The third kappa shape index (κ3) is 37.8. The van der Waals surface area contributed by atoms with Crippen molar-refractivity contribution in [2.45, 2.75) is 255 Å². The van der Waals surface area contributed by atoms with Crippen molar-refractivity contribution in [1.29, 1.82) is 0 Å². The van der Waals surface area contributed by atoms with Crippen molar-refractivity contribution in [2.24, 2.45) is 39.4 Å². The van der Waals surface area contributed by atoms with Crippen LogP contribution < -0.4 is 97.0 Å². The summed E-state index contributed by atoms with van der Waals surface area (Å²) in [6.07, 6.45) is 0.919. The summed E-state index contributed by atoms with van der Waals surface area (Å²) in [7, 11) is 1.83. The van der Waals surface area contributed by atoms with Gasteiger partial charge in [-0.1, -0.05) is 65.8 Å². The number of carbonyl (C=O) groups excluding carboxylic acids is 16. The van der Waals surface area contributed by atoms with Gasteiger partial charge in [-0.05, 0) is 114 Å². The molecule has 3 aliphatic heterocycles. The molecule has 48 heteroatoms. The molecule has 45 nitrogen and oxygen atoms in total. The highest BCUT2D eigenvalue weighted by molar-refractivity contribution is 7.99. The topological polar surface area (TPSA) is 666 Å². The average Bonchev–Trinajstić information content (AvgIpc) is 1.63. The van der Waals surface area contributed by atoms with Gasteiger partial charge in [-0.2, -0.15) is 35.3 Å². The van der Waals surface area contributed by atoms with Crippen molar-refractivity contribution in [3.05, 3.63) is 59.2 Å². The number of aromatic nitrogens is 6. The molecule has 1 aromatic carbocycles. The van der Waals surface area contributed by atoms with Crippen molar-refractivity contribution in [3.8, 4) is 5.75 Å². The van der Waals surface area contributed by atoms with Gasteiger partial charge in [0, 0.05) is 75.8 Å². The number of aryl methyl sites for hydroxylation is 1. The molecule has 2 aromatic heterocycles. The maximum absolute atomic E-state index is 15.1. The van der Waals surface area contributed by atoms with E-state index in [9.17, 15) is 77.3 Å². The van der Waals surface area contributed by atoms with Gasteiger partial charge < -0.3 is 117 Å². The van der Waals surface area contributed by atoms with Crippen LogP contribution in [0.3, 0.4) is 0 Å². The first-order chi connectivity index (χ1) is 61.5. The monoisotopic (exact) mass is 1880 g/mol. The number of benzene rings is 1. The lowest BCUT2D eigenvalue weighted by molar-refractivity contribution is -0.141. The molecule has 0 unspecified atom stereocenters. The number of thioether (sulfide) groups is 3. The van der Waals surface area contributed by atoms with Crippen LogP contribution in [0.1, 0.15) is 163 Å². The number of carbonyl (C=O) groups is 16. The number of rotatable bonds is 28. The fraction of sp³-hybridized carbons (Fsp3) is 0.659. The molecule has 130 heavy (non-hydrogen) atoms. The fourth-order valence-electron chi connectivity index (χ4n) is 13.7. The van der Waals surface area contributed by atoms with E-state index in [0.29, 0.717) is 56.8 Å². The molecule has 3 aliphatic rings. The second-order valence-corrected chi connectivity index (χ2v) is 37.1. The number of phenolic OH excluding ortho intramolecular Hbond substituents is 1. The predicted octanol–water partition coefficient (Wildman–Crippen LogP) is -5.05. The largest absolute Gasteiger partial charge is 0.508 e. The minimum Gasteiger partial charge on any atom is -0.508 e. The summed E-state index contributed by atoms with van der Waals surface area (Å²) in [6.45, 7) is 18.3. The molecule has 720 valence electrons. The number of unbranched alkanes of at least 4 members (excludes halogenated alkanes) is 1. The van der Waals surface area contributed by atoms with E-state index in [-0.39, 0.29) is 147 Å². The van der Waals surface area contributed by atoms with Crippen molar-refractivity contribution < 1.29 is 91.7 Å². The second kappa shape index (κ2) is 53.9. The number of aliphatic hydroxyl groups excluding tert-OH is 1. The summed E-state index contributed by atoms with van der Waals surface area (Å²) in [6, 6.07) is -13.2. The van der Waals surface area contributed by atoms with Gasteiger partial charge in [0.2, 0.25) is 94.5 Å². The molecular formula is C82H130N26O19S3. The zero-order valence-electron chi connectivity index (χ0n) is 75.7. The van der Waals surface area contributed by atoms with Gasteiger partial charge in [-0.25, -0.2) is 19.6 Å². The van der Waals surface area contributed by atoms with E-state index in [4.69, 9.17) is 36.9 Å². The Balaban J connectivity index is 1.38. The number of aromatic hydroxyl groups is 1. The summed E-state index contributed by atoms with van der Waals surface area (Å²) >= 11 is 3.17. The lowest BCUT2D eigenvalue weighted by atomic mass is 9.87. The Bertz CT molecular complexity index is 4400. The second-order valence-electron chi connectivity index (χ2n) is 34.0. The fourth-order valence-corrected chi connectivity index (χ4v) is 16.4. The van der Waals surface area contributed by atoms with Crippen LogP contribution in [0, 0.1) is 17.3 Å². The molecular weight excluding hydrogens is 1750 g/mol. The quantitative estimate of drug-likeness (QED) is 0.0184. The normalized spacial score (nSPS) is 23.6. The van der Waals surface area contributed by atoms with E-state index in [1.165, 1.54) is 49.9 Å². The standard InChI is InChI=1S/C82H130N26O19S3/c1-43(2)32-54-72(118)97-56(34-82(9,10)11)74(120)98-57(75(121)94-52(68(83)114)16-13-14-25-87-64(112)23-20-50-36-107(106-105-50)29-31-127-30-27-86-12)37-128-40-61-100-62-41-129-38-58(76(122)95-54)99-79(125)67(47(7)109)104-70(116)46(6)90-71(117)53(24-26-88-81(84)85)93-65(113)35-89-69(115)45(5)91-78(124)66(44(3)4)103-73(119)55(33-49-18-21-51(111)22-19-49)96-77(123)60-17-15-28-108(60)80(126)59(92-48(8)110)39-130-42-63(101-61)102-62/h18-19,21-22,36,43-47,52-60,66-67,86,109,111H,13-17,20,23-35,37-42H2,1-12H3,(H2,83,114)(H,87,112)(H,89,115)(H,90,117)(H,91,124)(H,92,110)(H,93,113)(H,94,121)(H,95,122)(H,96,123)(H,97,118)(H,98,120)(H,99,125)(H,103,119)(H,104,116)(H4,84,85,88)/t45-,46+,47+,52-,53-,54-,55-,56-,57-,58-,59-,60-,66-,67-/m0/s1. The number of guanidine groups is 1. The average molecular weight is 1880 g/mol. The van der Waals surface area contributed by atoms with Gasteiger partial charge in [-0.3, -0.25) is 81.7 Å².